The molecule has 0 spiro atoms. The highest BCUT2D eigenvalue weighted by atomic mass is 16.5. The number of hydrogen-bond donors (Lipinski definition) is 1. The standard InChI is InChI=1S/C7H10N2O2/c1-4-5(6(8)9-2)7(10)11-3/h4H,1-2,8H2,3H3/b6-5+. The summed E-state index contributed by atoms with van der Waals surface area (Å²) in [4.78, 5) is 14.2. The molecule has 0 saturated heterocycles. The first kappa shape index (κ1) is 9.42. The van der Waals surface area contributed by atoms with Crippen molar-refractivity contribution in [3.63, 3.8) is 0 Å². The summed E-state index contributed by atoms with van der Waals surface area (Å²) in [5.74, 6) is -0.545. The van der Waals surface area contributed by atoms with Gasteiger partial charge in [0, 0.05) is 0 Å². The largest absolute Gasteiger partial charge is 0.465 e. The molecule has 0 bridgehead atoms. The fourth-order valence-electron chi connectivity index (χ4n) is 0.488. The second-order valence-corrected chi connectivity index (χ2v) is 1.65. The van der Waals surface area contributed by atoms with Crippen molar-refractivity contribution >= 4 is 12.7 Å². The zero-order valence-electron chi connectivity index (χ0n) is 6.33. The van der Waals surface area contributed by atoms with E-state index < -0.39 is 5.97 Å². The molecule has 0 unspecified atom stereocenters. The molecular formula is C7H10N2O2. The van der Waals surface area contributed by atoms with E-state index >= 15 is 0 Å². The van der Waals surface area contributed by atoms with Crippen LogP contribution in [-0.2, 0) is 9.53 Å². The Labute approximate surface area is 65.1 Å². The van der Waals surface area contributed by atoms with Gasteiger partial charge in [-0.25, -0.2) is 9.79 Å². The molecule has 0 rings (SSSR count). The van der Waals surface area contributed by atoms with Gasteiger partial charge in [-0.05, 0) is 6.72 Å². The molecule has 0 aromatic carbocycles. The number of nitrogens with two attached hydrogens (primary N) is 1. The maximum Gasteiger partial charge on any atom is 0.341 e. The van der Waals surface area contributed by atoms with Crippen LogP contribution in [0, 0.1) is 0 Å². The van der Waals surface area contributed by atoms with Gasteiger partial charge in [0.1, 0.15) is 11.4 Å². The summed E-state index contributed by atoms with van der Waals surface area (Å²) >= 11 is 0. The highest BCUT2D eigenvalue weighted by molar-refractivity contribution is 5.92. The predicted octanol–water partition coefficient (Wildman–Crippen LogP) is 0.216. The molecule has 0 aliphatic heterocycles. The van der Waals surface area contributed by atoms with E-state index in [2.05, 4.69) is 23.0 Å². The van der Waals surface area contributed by atoms with Crippen LogP contribution in [0.4, 0.5) is 0 Å². The van der Waals surface area contributed by atoms with E-state index in [-0.39, 0.29) is 11.4 Å². The Hall–Kier alpha value is -1.58. The Kier molecular flexibility index (Phi) is 3.66. The van der Waals surface area contributed by atoms with Gasteiger partial charge < -0.3 is 10.5 Å². The lowest BCUT2D eigenvalue weighted by Gasteiger charge is -1.99. The monoisotopic (exact) mass is 154 g/mol. The van der Waals surface area contributed by atoms with Crippen LogP contribution in [0.1, 0.15) is 0 Å². The van der Waals surface area contributed by atoms with Crippen LogP contribution < -0.4 is 5.73 Å². The maximum atomic E-state index is 10.8. The first-order valence-electron chi connectivity index (χ1n) is 2.84. The van der Waals surface area contributed by atoms with Gasteiger partial charge in [-0.1, -0.05) is 12.7 Å². The van der Waals surface area contributed by atoms with Crippen molar-refractivity contribution in [1.82, 2.24) is 0 Å². The maximum absolute atomic E-state index is 10.8. The quantitative estimate of drug-likeness (QED) is 0.273. The Bertz CT molecular complexity index is 218. The third-order valence-corrected chi connectivity index (χ3v) is 1.06. The second-order valence-electron chi connectivity index (χ2n) is 1.65. The fourth-order valence-corrected chi connectivity index (χ4v) is 0.488. The van der Waals surface area contributed by atoms with E-state index in [0.29, 0.717) is 0 Å². The minimum Gasteiger partial charge on any atom is -0.465 e. The summed E-state index contributed by atoms with van der Waals surface area (Å²) in [5, 5.41) is 0. The molecule has 4 nitrogen and oxygen atoms in total. The molecule has 0 radical (unpaired) electrons. The van der Waals surface area contributed by atoms with Crippen LogP contribution in [0.15, 0.2) is 29.0 Å². The molecule has 0 aliphatic carbocycles. The molecule has 0 aromatic rings. The van der Waals surface area contributed by atoms with E-state index in [1.54, 1.807) is 0 Å². The molecule has 60 valence electrons. The summed E-state index contributed by atoms with van der Waals surface area (Å²) < 4.78 is 4.39. The van der Waals surface area contributed by atoms with Gasteiger partial charge in [0.2, 0.25) is 0 Å². The third kappa shape index (κ3) is 2.25. The van der Waals surface area contributed by atoms with Crippen molar-refractivity contribution in [1.29, 1.82) is 0 Å². The summed E-state index contributed by atoms with van der Waals surface area (Å²) in [5.41, 5.74) is 5.41. The molecular weight excluding hydrogens is 144 g/mol. The number of aliphatic imine (C=N–C) groups is 1. The zero-order valence-corrected chi connectivity index (χ0v) is 6.33. The number of nitrogens with zero attached hydrogens (tertiary/aromatic N) is 1. The molecule has 0 amide bonds. The lowest BCUT2D eigenvalue weighted by Crippen LogP contribution is -2.09. The third-order valence-electron chi connectivity index (χ3n) is 1.06. The lowest BCUT2D eigenvalue weighted by molar-refractivity contribution is -0.135. The van der Waals surface area contributed by atoms with Crippen molar-refractivity contribution < 1.29 is 9.53 Å². The summed E-state index contributed by atoms with van der Waals surface area (Å²) in [7, 11) is 1.25. The van der Waals surface area contributed by atoms with Crippen LogP contribution in [0.5, 0.6) is 0 Å². The smallest absolute Gasteiger partial charge is 0.341 e. The number of methoxy groups -OCH3 is 1. The number of carbonyl (C=O) groups excluding carboxylic acids is 1. The summed E-state index contributed by atoms with van der Waals surface area (Å²) in [6, 6.07) is 0. The Balaban J connectivity index is 4.78. The molecule has 0 aromatic heterocycles. The number of rotatable bonds is 3. The average Bonchev–Trinajstić information content (AvgIpc) is 2.05. The molecule has 0 fully saturated rings. The fraction of sp³-hybridized carbons (Fsp3) is 0.143. The minimum absolute atomic E-state index is 0.0202. The molecule has 11 heavy (non-hydrogen) atoms. The van der Waals surface area contributed by atoms with Crippen molar-refractivity contribution in [3.8, 4) is 0 Å². The van der Waals surface area contributed by atoms with Crippen LogP contribution in [0.2, 0.25) is 0 Å². The first-order valence-corrected chi connectivity index (χ1v) is 2.84. The van der Waals surface area contributed by atoms with Crippen molar-refractivity contribution in [3.05, 3.63) is 24.0 Å². The predicted molar refractivity (Wildman–Crippen MR) is 43.0 cm³/mol. The average molecular weight is 154 g/mol. The number of esters is 1. The van der Waals surface area contributed by atoms with E-state index in [9.17, 15) is 4.79 Å². The van der Waals surface area contributed by atoms with Gasteiger partial charge in [0.15, 0.2) is 0 Å². The molecule has 0 heterocycles. The van der Waals surface area contributed by atoms with Crippen LogP contribution in [0.25, 0.3) is 0 Å². The molecule has 0 atom stereocenters. The van der Waals surface area contributed by atoms with Crippen LogP contribution in [0.3, 0.4) is 0 Å². The normalized spacial score (nSPS) is 11.4. The number of hydrogen-bond acceptors (Lipinski definition) is 4. The van der Waals surface area contributed by atoms with E-state index in [1.165, 1.54) is 13.2 Å². The van der Waals surface area contributed by atoms with Crippen LogP contribution in [-0.4, -0.2) is 19.8 Å². The van der Waals surface area contributed by atoms with E-state index in [4.69, 9.17) is 5.73 Å². The van der Waals surface area contributed by atoms with Gasteiger partial charge in [-0.3, -0.25) is 0 Å². The zero-order chi connectivity index (χ0) is 8.85. The minimum atomic E-state index is -0.565. The van der Waals surface area contributed by atoms with Gasteiger partial charge >= 0.3 is 5.97 Å². The summed E-state index contributed by atoms with van der Waals surface area (Å²) in [6.45, 7) is 6.53. The molecule has 4 heteroatoms. The molecule has 2 N–H and O–H groups in total. The number of ether oxygens (including phenoxy) is 1. The SMILES string of the molecule is C=C/C(C(=O)OC)=C(/N)N=C. The van der Waals surface area contributed by atoms with E-state index in [0.717, 1.165) is 0 Å². The van der Waals surface area contributed by atoms with Gasteiger partial charge in [0.05, 0.1) is 7.11 Å². The Morgan fingerprint density at radius 3 is 2.55 bits per heavy atom. The van der Waals surface area contributed by atoms with Crippen LogP contribution >= 0.6 is 0 Å². The lowest BCUT2D eigenvalue weighted by atomic mass is 10.2. The van der Waals surface area contributed by atoms with Gasteiger partial charge in [-0.15, -0.1) is 0 Å². The Morgan fingerprint density at radius 1 is 1.73 bits per heavy atom. The topological polar surface area (TPSA) is 64.7 Å². The second kappa shape index (κ2) is 4.27. The van der Waals surface area contributed by atoms with Crippen molar-refractivity contribution in [2.24, 2.45) is 10.7 Å². The Morgan fingerprint density at radius 2 is 2.27 bits per heavy atom. The first-order chi connectivity index (χ1) is 5.17. The van der Waals surface area contributed by atoms with Crippen molar-refractivity contribution in [2.45, 2.75) is 0 Å². The molecule has 0 saturated carbocycles. The highest BCUT2D eigenvalue weighted by Gasteiger charge is 2.08. The van der Waals surface area contributed by atoms with Crippen molar-refractivity contribution in [2.75, 3.05) is 7.11 Å². The highest BCUT2D eigenvalue weighted by Crippen LogP contribution is 2.02. The molecule has 0 aliphatic rings. The van der Waals surface area contributed by atoms with E-state index in [1.807, 2.05) is 0 Å². The van der Waals surface area contributed by atoms with Gasteiger partial charge in [-0.2, -0.15) is 0 Å². The van der Waals surface area contributed by atoms with Gasteiger partial charge in [0.25, 0.3) is 0 Å². The number of carbonyl (C=O) groups is 1. The summed E-state index contributed by atoms with van der Waals surface area (Å²) in [6.07, 6.45) is 1.27.